The van der Waals surface area contributed by atoms with E-state index in [-0.39, 0.29) is 11.8 Å². The zero-order chi connectivity index (χ0) is 37.3. The number of carbonyl (C=O) groups excluding carboxylic acids is 1. The number of benzene rings is 2. The molecule has 2 fully saturated rings. The van der Waals surface area contributed by atoms with Gasteiger partial charge in [-0.05, 0) is 60.5 Å². The number of likely N-dealkylation sites (N-methyl/N-ethyl adjacent to an activating group) is 2. The Hall–Kier alpha value is -5.45. The minimum absolute atomic E-state index is 0.197. The van der Waals surface area contributed by atoms with E-state index in [1.165, 1.54) is 5.56 Å². The van der Waals surface area contributed by atoms with E-state index in [0.29, 0.717) is 0 Å². The number of nitrogens with one attached hydrogen (secondary N) is 1. The van der Waals surface area contributed by atoms with E-state index in [4.69, 9.17) is 19.8 Å². The highest BCUT2D eigenvalue weighted by Crippen LogP contribution is 2.66. The minimum atomic E-state index is -5.08. The summed E-state index contributed by atoms with van der Waals surface area (Å²) in [7, 11) is 4.05. The van der Waals surface area contributed by atoms with Gasteiger partial charge in [0.1, 0.15) is 5.82 Å². The summed E-state index contributed by atoms with van der Waals surface area (Å²) in [6.45, 7) is 4.16. The molecule has 2 atom stereocenters. The number of hydrogen-bond acceptors (Lipinski definition) is 7. The first-order valence-corrected chi connectivity index (χ1v) is 15.5. The summed E-state index contributed by atoms with van der Waals surface area (Å²) in [5.74, 6) is -4.07. The van der Waals surface area contributed by atoms with Crippen LogP contribution in [0, 0.1) is 0 Å². The van der Waals surface area contributed by atoms with E-state index in [9.17, 15) is 31.1 Å². The monoisotopic (exact) mass is 718 g/mol. The van der Waals surface area contributed by atoms with Gasteiger partial charge in [0.05, 0.1) is 16.6 Å². The number of halogens is 6. The fourth-order valence-corrected chi connectivity index (χ4v) is 6.16. The predicted molar refractivity (Wildman–Crippen MR) is 175 cm³/mol. The first-order valence-electron chi connectivity index (χ1n) is 15.5. The largest absolute Gasteiger partial charge is 0.490 e. The number of para-hydroxylation sites is 1. The van der Waals surface area contributed by atoms with Gasteiger partial charge in [0, 0.05) is 56.4 Å². The molecule has 2 aromatic carbocycles. The van der Waals surface area contributed by atoms with E-state index in [2.05, 4.69) is 74.5 Å². The Morgan fingerprint density at radius 3 is 2.12 bits per heavy atom. The van der Waals surface area contributed by atoms with E-state index < -0.39 is 29.7 Å². The molecule has 7 rings (SSSR count). The van der Waals surface area contributed by atoms with Gasteiger partial charge in [0.2, 0.25) is 5.91 Å². The van der Waals surface area contributed by atoms with Gasteiger partial charge in [-0.3, -0.25) is 9.89 Å². The number of nitrogens with zero attached hydrogens (tertiary/aromatic N) is 5. The second-order valence-electron chi connectivity index (χ2n) is 12.2. The van der Waals surface area contributed by atoms with Crippen molar-refractivity contribution < 1.29 is 50.9 Å². The Morgan fingerprint density at radius 2 is 1.53 bits per heavy atom. The number of piperazine rings is 1. The number of H-pyrrole nitrogens is 1. The normalized spacial score (nSPS) is 20.2. The van der Waals surface area contributed by atoms with Gasteiger partial charge >= 0.3 is 24.3 Å². The van der Waals surface area contributed by atoms with E-state index in [0.717, 1.165) is 71.8 Å². The van der Waals surface area contributed by atoms with Crippen molar-refractivity contribution >= 4 is 52.4 Å². The smallest absolute Gasteiger partial charge is 0.475 e. The summed E-state index contributed by atoms with van der Waals surface area (Å²) in [6, 6.07) is 18.9. The Labute approximate surface area is 286 Å². The van der Waals surface area contributed by atoms with Crippen molar-refractivity contribution in [1.82, 2.24) is 20.1 Å². The molecule has 2 aliphatic heterocycles. The maximum atomic E-state index is 13.2. The molecular formula is C34H32F6N6O5. The molecule has 17 heteroatoms. The Morgan fingerprint density at radius 1 is 0.902 bits per heavy atom. The predicted octanol–water partition coefficient (Wildman–Crippen LogP) is 5.55. The fourth-order valence-electron chi connectivity index (χ4n) is 6.16. The van der Waals surface area contributed by atoms with Crippen molar-refractivity contribution in [2.24, 2.45) is 0 Å². The van der Waals surface area contributed by atoms with Crippen LogP contribution in [-0.2, 0) is 19.8 Å². The Balaban J connectivity index is 0.000000307. The van der Waals surface area contributed by atoms with E-state index >= 15 is 0 Å². The van der Waals surface area contributed by atoms with Crippen molar-refractivity contribution in [2.45, 2.75) is 30.1 Å². The SMILES string of the molecule is CN1CCN(c2ccc(/C=C/c3n[nH]c4cc([C@@H]5C[C@@]56C(=O)N(C)c5ccccc56)ccc34)cn2)CC1.O=C(O)C(F)(F)F.O=C(O)C(F)(F)F. The third kappa shape index (κ3) is 7.82. The summed E-state index contributed by atoms with van der Waals surface area (Å²) in [4.78, 5) is 42.2. The van der Waals surface area contributed by atoms with Crippen LogP contribution in [0.2, 0.25) is 0 Å². The second kappa shape index (κ2) is 14.0. The number of anilines is 2. The lowest BCUT2D eigenvalue weighted by molar-refractivity contribution is -0.193. The maximum absolute atomic E-state index is 13.2. The van der Waals surface area contributed by atoms with Gasteiger partial charge in [-0.25, -0.2) is 14.6 Å². The number of alkyl halides is 6. The molecule has 51 heavy (non-hydrogen) atoms. The van der Waals surface area contributed by atoms with Crippen LogP contribution in [0.15, 0.2) is 60.8 Å². The van der Waals surface area contributed by atoms with Crippen LogP contribution in [0.3, 0.4) is 0 Å². The average molecular weight is 719 g/mol. The Kier molecular flexibility index (Phi) is 10.1. The number of fused-ring (bicyclic) bond motifs is 3. The number of rotatable bonds is 4. The highest BCUT2D eigenvalue weighted by atomic mass is 19.4. The van der Waals surface area contributed by atoms with Gasteiger partial charge in [-0.15, -0.1) is 0 Å². The molecule has 1 spiro atoms. The van der Waals surface area contributed by atoms with Crippen LogP contribution in [0.5, 0.6) is 0 Å². The molecular weight excluding hydrogens is 686 g/mol. The molecule has 3 N–H and O–H groups in total. The fraction of sp³-hybridized carbons (Fsp3) is 0.324. The molecule has 0 unspecified atom stereocenters. The molecule has 4 heterocycles. The highest BCUT2D eigenvalue weighted by molar-refractivity contribution is 6.11. The Bertz CT molecular complexity index is 1930. The van der Waals surface area contributed by atoms with E-state index in [1.54, 1.807) is 0 Å². The molecule has 3 aliphatic rings. The number of pyridine rings is 1. The zero-order valence-corrected chi connectivity index (χ0v) is 27.2. The van der Waals surface area contributed by atoms with E-state index in [1.807, 2.05) is 42.4 Å². The molecule has 1 amide bonds. The van der Waals surface area contributed by atoms with Crippen LogP contribution in [-0.4, -0.2) is 101 Å². The number of aliphatic carboxylic acids is 2. The lowest BCUT2D eigenvalue weighted by Crippen LogP contribution is -2.44. The van der Waals surface area contributed by atoms with Gasteiger partial charge in [-0.2, -0.15) is 31.4 Å². The van der Waals surface area contributed by atoms with Crippen molar-refractivity contribution in [3.8, 4) is 0 Å². The summed E-state index contributed by atoms with van der Waals surface area (Å²) in [6.07, 6.45) is -3.28. The summed E-state index contributed by atoms with van der Waals surface area (Å²) in [5, 5.41) is 23.1. The van der Waals surface area contributed by atoms with Gasteiger partial charge < -0.3 is 24.9 Å². The standard InChI is InChI=1S/C30H30N6O.2C2HF3O2/c1-34-13-15-36(16-14-34)28-12-8-20(19-31-28)7-11-25-22-10-9-21(17-26(22)33-32-25)24-18-30(24)23-5-3-4-6-27(23)35(2)29(30)37;2*3-2(4,5)1(6)7/h3-12,17,19,24H,13-16,18H2,1-2H3,(H,32,33);2*(H,6,7)/b11-7+;;/t24-,30-;;/m0../s1. The number of aromatic nitrogens is 3. The molecule has 1 saturated carbocycles. The molecule has 0 radical (unpaired) electrons. The molecule has 0 bridgehead atoms. The number of carbonyl (C=O) groups is 3. The van der Waals surface area contributed by atoms with Crippen molar-refractivity contribution in [3.63, 3.8) is 0 Å². The molecule has 1 saturated heterocycles. The minimum Gasteiger partial charge on any atom is -0.475 e. The lowest BCUT2D eigenvalue weighted by atomic mass is 9.92. The molecule has 11 nitrogen and oxygen atoms in total. The first kappa shape index (κ1) is 36.8. The van der Waals surface area contributed by atoms with Crippen molar-refractivity contribution in [1.29, 1.82) is 0 Å². The van der Waals surface area contributed by atoms with Crippen LogP contribution in [0.4, 0.5) is 37.8 Å². The van der Waals surface area contributed by atoms with Crippen molar-refractivity contribution in [2.75, 3.05) is 50.1 Å². The number of amides is 1. The molecule has 1 aliphatic carbocycles. The number of carboxylic acids is 2. The van der Waals surface area contributed by atoms with Crippen LogP contribution in [0.1, 0.15) is 34.7 Å². The average Bonchev–Trinajstić information content (AvgIpc) is 3.66. The highest BCUT2D eigenvalue weighted by Gasteiger charge is 2.66. The molecule has 270 valence electrons. The first-order chi connectivity index (χ1) is 23.9. The zero-order valence-electron chi connectivity index (χ0n) is 27.2. The van der Waals surface area contributed by atoms with Crippen LogP contribution in [0.25, 0.3) is 23.1 Å². The summed E-state index contributed by atoms with van der Waals surface area (Å²) >= 11 is 0. The van der Waals surface area contributed by atoms with Gasteiger partial charge in [0.25, 0.3) is 0 Å². The van der Waals surface area contributed by atoms with Crippen molar-refractivity contribution in [3.05, 3.63) is 83.2 Å². The number of carboxylic acid groups (broad SMARTS) is 2. The maximum Gasteiger partial charge on any atom is 0.490 e. The molecule has 2 aromatic heterocycles. The summed E-state index contributed by atoms with van der Waals surface area (Å²) in [5.41, 5.74) is 5.92. The van der Waals surface area contributed by atoms with Gasteiger partial charge in [0.15, 0.2) is 0 Å². The van der Waals surface area contributed by atoms with Gasteiger partial charge in [-0.1, -0.05) is 36.4 Å². The number of hydrogen-bond donors (Lipinski definition) is 3. The van der Waals surface area contributed by atoms with Crippen LogP contribution >= 0.6 is 0 Å². The topological polar surface area (TPSA) is 143 Å². The molecule has 4 aromatic rings. The summed E-state index contributed by atoms with van der Waals surface area (Å²) < 4.78 is 63.5. The lowest BCUT2D eigenvalue weighted by Gasteiger charge is -2.33. The quantitative estimate of drug-likeness (QED) is 0.232. The second-order valence-corrected chi connectivity index (χ2v) is 12.2. The van der Waals surface area contributed by atoms with Crippen LogP contribution < -0.4 is 9.80 Å². The third-order valence-corrected chi connectivity index (χ3v) is 8.93. The number of aromatic amines is 1. The third-order valence-electron chi connectivity index (χ3n) is 8.93.